The van der Waals surface area contributed by atoms with E-state index in [1.165, 1.54) is 15.7 Å². The first-order valence-corrected chi connectivity index (χ1v) is 12.8. The van der Waals surface area contributed by atoms with E-state index in [0.717, 1.165) is 0 Å². The van der Waals surface area contributed by atoms with E-state index in [9.17, 15) is 13.2 Å². The lowest BCUT2D eigenvalue weighted by molar-refractivity contribution is -0.120. The number of amides is 1. The molecule has 1 aliphatic rings. The second kappa shape index (κ2) is 11.4. The van der Waals surface area contributed by atoms with Crippen molar-refractivity contribution < 1.29 is 27.4 Å². The predicted molar refractivity (Wildman–Crippen MR) is 132 cm³/mol. The summed E-state index contributed by atoms with van der Waals surface area (Å²) in [7, 11) is -0.735. The molecule has 1 N–H and O–H groups in total. The van der Waals surface area contributed by atoms with Gasteiger partial charge in [0.2, 0.25) is 5.91 Å². The lowest BCUT2D eigenvalue weighted by Crippen LogP contribution is -2.50. The van der Waals surface area contributed by atoms with Crippen LogP contribution < -0.4 is 23.8 Å². The molecule has 0 unspecified atom stereocenters. The maximum absolute atomic E-state index is 13.5. The number of piperidine rings is 1. The van der Waals surface area contributed by atoms with Gasteiger partial charge in [-0.15, -0.1) is 0 Å². The number of nitrogens with zero attached hydrogens (tertiary/aromatic N) is 2. The summed E-state index contributed by atoms with van der Waals surface area (Å²) in [5, 5.41) is 2.88. The lowest BCUT2D eigenvalue weighted by Gasteiger charge is -2.35. The summed E-state index contributed by atoms with van der Waals surface area (Å²) in [4.78, 5) is 13.0. The minimum absolute atomic E-state index is 0.120. The average Bonchev–Trinajstić information content (AvgIpc) is 2.85. The molecular weight excluding hydrogens is 458 g/mol. The fraction of sp³-hybridized carbons (Fsp3) is 0.458. The molecule has 0 aliphatic carbocycles. The minimum Gasteiger partial charge on any atom is -0.494 e. The lowest BCUT2D eigenvalue weighted by atomic mass is 9.98. The molecule has 1 aliphatic heterocycles. The van der Waals surface area contributed by atoms with E-state index in [4.69, 9.17) is 14.2 Å². The molecule has 10 heteroatoms. The van der Waals surface area contributed by atoms with Crippen LogP contribution in [0, 0.1) is 5.92 Å². The van der Waals surface area contributed by atoms with E-state index >= 15 is 0 Å². The first kappa shape index (κ1) is 25.6. The molecule has 0 bridgehead atoms. The summed E-state index contributed by atoms with van der Waals surface area (Å²) in [5.74, 6) is 1.06. The van der Waals surface area contributed by atoms with E-state index in [1.807, 2.05) is 6.92 Å². The summed E-state index contributed by atoms with van der Waals surface area (Å²) in [6.07, 6.45) is 1.21. The van der Waals surface area contributed by atoms with Crippen molar-refractivity contribution >= 4 is 27.5 Å². The first-order chi connectivity index (χ1) is 16.3. The number of carbonyl (C=O) groups is 1. The highest BCUT2D eigenvalue weighted by atomic mass is 32.2. The van der Waals surface area contributed by atoms with Gasteiger partial charge >= 0.3 is 10.2 Å². The van der Waals surface area contributed by atoms with Crippen molar-refractivity contribution in [2.75, 3.05) is 50.1 Å². The van der Waals surface area contributed by atoms with Gasteiger partial charge in [0.1, 0.15) is 5.75 Å². The quantitative estimate of drug-likeness (QED) is 0.546. The van der Waals surface area contributed by atoms with Crippen LogP contribution in [0.15, 0.2) is 42.5 Å². The molecule has 2 aromatic rings. The number of carbonyl (C=O) groups excluding carboxylic acids is 1. The van der Waals surface area contributed by atoms with Crippen LogP contribution in [-0.4, -0.2) is 59.1 Å². The van der Waals surface area contributed by atoms with Gasteiger partial charge in [-0.1, -0.05) is 0 Å². The molecule has 1 amide bonds. The van der Waals surface area contributed by atoms with Gasteiger partial charge in [-0.2, -0.15) is 12.7 Å². The minimum atomic E-state index is -3.80. The van der Waals surface area contributed by atoms with Crippen LogP contribution in [0.4, 0.5) is 11.4 Å². The molecule has 186 valence electrons. The van der Waals surface area contributed by atoms with Crippen LogP contribution >= 0.6 is 0 Å². The number of anilines is 2. The third kappa shape index (κ3) is 5.74. The van der Waals surface area contributed by atoms with Crippen molar-refractivity contribution in [3.05, 3.63) is 42.5 Å². The molecule has 1 heterocycles. The maximum atomic E-state index is 13.5. The van der Waals surface area contributed by atoms with Crippen LogP contribution in [0.3, 0.4) is 0 Å². The Kier molecular flexibility index (Phi) is 8.62. The predicted octanol–water partition coefficient (Wildman–Crippen LogP) is 3.52. The normalized spacial score (nSPS) is 16.5. The molecular formula is C24H33N3O6S. The van der Waals surface area contributed by atoms with E-state index in [1.54, 1.807) is 56.5 Å². The number of methoxy groups -OCH3 is 2. The molecule has 1 atom stereocenters. The highest BCUT2D eigenvalue weighted by Crippen LogP contribution is 2.31. The highest BCUT2D eigenvalue weighted by molar-refractivity contribution is 7.90. The topological polar surface area (TPSA) is 97.4 Å². The summed E-state index contributed by atoms with van der Waals surface area (Å²) in [5.41, 5.74) is 1.12. The molecule has 0 saturated carbocycles. The fourth-order valence-electron chi connectivity index (χ4n) is 4.02. The number of nitrogens with one attached hydrogen (secondary N) is 1. The highest BCUT2D eigenvalue weighted by Gasteiger charge is 2.35. The molecule has 0 radical (unpaired) electrons. The van der Waals surface area contributed by atoms with Crippen molar-refractivity contribution in [1.29, 1.82) is 0 Å². The Labute approximate surface area is 201 Å². The van der Waals surface area contributed by atoms with Gasteiger partial charge < -0.3 is 19.5 Å². The van der Waals surface area contributed by atoms with Crippen molar-refractivity contribution in [2.45, 2.75) is 26.7 Å². The smallest absolute Gasteiger partial charge is 0.304 e. The Morgan fingerprint density at radius 2 is 1.79 bits per heavy atom. The number of ether oxygens (including phenoxy) is 3. The van der Waals surface area contributed by atoms with E-state index in [0.29, 0.717) is 54.6 Å². The van der Waals surface area contributed by atoms with Crippen LogP contribution in [0.1, 0.15) is 26.7 Å². The van der Waals surface area contributed by atoms with Crippen LogP contribution in [-0.2, 0) is 15.0 Å². The van der Waals surface area contributed by atoms with Gasteiger partial charge in [0.05, 0.1) is 32.4 Å². The second-order valence-corrected chi connectivity index (χ2v) is 9.71. The van der Waals surface area contributed by atoms with E-state index < -0.39 is 16.1 Å². The molecule has 3 rings (SSSR count). The van der Waals surface area contributed by atoms with Gasteiger partial charge in [0.25, 0.3) is 0 Å². The van der Waals surface area contributed by atoms with Gasteiger partial charge in [-0.3, -0.25) is 9.10 Å². The zero-order chi connectivity index (χ0) is 24.7. The Hall–Kier alpha value is -2.98. The molecule has 34 heavy (non-hydrogen) atoms. The molecule has 0 spiro atoms. The third-order valence-electron chi connectivity index (χ3n) is 5.73. The second-order valence-electron chi connectivity index (χ2n) is 7.86. The van der Waals surface area contributed by atoms with Gasteiger partial charge in [-0.25, -0.2) is 0 Å². The molecule has 2 aromatic carbocycles. The van der Waals surface area contributed by atoms with E-state index in [2.05, 4.69) is 5.32 Å². The van der Waals surface area contributed by atoms with E-state index in [-0.39, 0.29) is 19.0 Å². The number of rotatable bonds is 10. The number of hydrogen-bond donors (Lipinski definition) is 1. The van der Waals surface area contributed by atoms with Crippen LogP contribution in [0.5, 0.6) is 17.2 Å². The Bertz CT molecular complexity index is 1070. The van der Waals surface area contributed by atoms with Crippen molar-refractivity contribution in [1.82, 2.24) is 4.31 Å². The zero-order valence-electron chi connectivity index (χ0n) is 20.1. The first-order valence-electron chi connectivity index (χ1n) is 11.4. The SMILES string of the molecule is CCOc1ccc(N(CC)S(=O)(=O)N2CCC[C@@H](C(=O)Nc3ccc(OC)c(OC)c3)C2)cc1. The number of benzene rings is 2. The summed E-state index contributed by atoms with van der Waals surface area (Å²) in [6.45, 7) is 4.99. The fourth-order valence-corrected chi connectivity index (χ4v) is 5.74. The van der Waals surface area contributed by atoms with Crippen molar-refractivity contribution in [3.63, 3.8) is 0 Å². The Morgan fingerprint density at radius 3 is 2.41 bits per heavy atom. The van der Waals surface area contributed by atoms with Crippen molar-refractivity contribution in [3.8, 4) is 17.2 Å². The maximum Gasteiger partial charge on any atom is 0.304 e. The summed E-state index contributed by atoms with van der Waals surface area (Å²) < 4.78 is 45.7. The molecule has 1 saturated heterocycles. The zero-order valence-corrected chi connectivity index (χ0v) is 20.9. The summed E-state index contributed by atoms with van der Waals surface area (Å²) >= 11 is 0. The Balaban J connectivity index is 1.72. The van der Waals surface area contributed by atoms with Crippen LogP contribution in [0.25, 0.3) is 0 Å². The third-order valence-corrected chi connectivity index (χ3v) is 7.74. The Morgan fingerprint density at radius 1 is 1.09 bits per heavy atom. The molecule has 0 aromatic heterocycles. The van der Waals surface area contributed by atoms with Gasteiger partial charge in [0.15, 0.2) is 11.5 Å². The van der Waals surface area contributed by atoms with Gasteiger partial charge in [-0.05, 0) is 63.1 Å². The molecule has 1 fully saturated rings. The number of hydrogen-bond acceptors (Lipinski definition) is 6. The monoisotopic (exact) mass is 491 g/mol. The van der Waals surface area contributed by atoms with Gasteiger partial charge in [0, 0.05) is 31.4 Å². The standard InChI is InChI=1S/C24H33N3O6S/c1-5-27(20-10-12-21(13-11-20)33-6-2)34(29,30)26-15-7-8-18(17-26)24(28)25-19-9-14-22(31-3)23(16-19)32-4/h9-14,16,18H,5-8,15,17H2,1-4H3,(H,25,28)/t18-/m1/s1. The van der Waals surface area contributed by atoms with Crippen LogP contribution in [0.2, 0.25) is 0 Å². The molecule has 9 nitrogen and oxygen atoms in total. The largest absolute Gasteiger partial charge is 0.494 e. The summed E-state index contributed by atoms with van der Waals surface area (Å²) in [6, 6.07) is 12.1. The average molecular weight is 492 g/mol. The van der Waals surface area contributed by atoms with Crippen molar-refractivity contribution in [2.24, 2.45) is 5.92 Å².